The van der Waals surface area contributed by atoms with E-state index in [1.807, 2.05) is 18.4 Å². The van der Waals surface area contributed by atoms with Crippen molar-refractivity contribution in [3.05, 3.63) is 52.5 Å². The summed E-state index contributed by atoms with van der Waals surface area (Å²) < 4.78 is 32.4. The van der Waals surface area contributed by atoms with E-state index in [-0.39, 0.29) is 23.6 Å². The quantitative estimate of drug-likeness (QED) is 0.467. The van der Waals surface area contributed by atoms with Crippen LogP contribution in [0.3, 0.4) is 0 Å². The van der Waals surface area contributed by atoms with Gasteiger partial charge in [0.25, 0.3) is 5.91 Å². The largest absolute Gasteiger partial charge is 0.383 e. The van der Waals surface area contributed by atoms with Crippen LogP contribution in [0.25, 0.3) is 0 Å². The van der Waals surface area contributed by atoms with Gasteiger partial charge in [0.1, 0.15) is 0 Å². The molecule has 0 saturated heterocycles. The molecule has 0 radical (unpaired) electrons. The van der Waals surface area contributed by atoms with Crippen LogP contribution in [0.5, 0.6) is 0 Å². The van der Waals surface area contributed by atoms with Crippen LogP contribution in [0.2, 0.25) is 0 Å². The molecule has 0 atom stereocenters. The fourth-order valence-electron chi connectivity index (χ4n) is 2.08. The van der Waals surface area contributed by atoms with Gasteiger partial charge in [-0.2, -0.15) is 0 Å². The number of hydrogen-bond donors (Lipinski definition) is 2. The van der Waals surface area contributed by atoms with Gasteiger partial charge in [-0.25, -0.2) is 13.1 Å². The molecule has 0 heterocycles. The molecular formula is C17H19BrN2O4S2. The summed E-state index contributed by atoms with van der Waals surface area (Å²) in [4.78, 5) is 13.6. The summed E-state index contributed by atoms with van der Waals surface area (Å²) in [5, 5.41) is 2.77. The lowest BCUT2D eigenvalue weighted by Gasteiger charge is -2.11. The van der Waals surface area contributed by atoms with Gasteiger partial charge < -0.3 is 10.1 Å². The van der Waals surface area contributed by atoms with Gasteiger partial charge >= 0.3 is 0 Å². The SMILES string of the molecule is COCCNS(=O)(=O)c1ccc(Br)c(C(=O)Nc2ccc(SC)cc2)c1. The summed E-state index contributed by atoms with van der Waals surface area (Å²) >= 11 is 4.90. The number of halogens is 1. The van der Waals surface area contributed by atoms with E-state index >= 15 is 0 Å². The standard InChI is InChI=1S/C17H19BrN2O4S2/c1-24-10-9-19-26(22,23)14-7-8-16(18)15(11-14)17(21)20-12-3-5-13(25-2)6-4-12/h3-8,11,19H,9-10H2,1-2H3,(H,20,21). The van der Waals surface area contributed by atoms with Crippen molar-refractivity contribution in [3.63, 3.8) is 0 Å². The monoisotopic (exact) mass is 458 g/mol. The molecule has 2 aromatic carbocycles. The van der Waals surface area contributed by atoms with Gasteiger partial charge in [0.15, 0.2) is 0 Å². The van der Waals surface area contributed by atoms with Gasteiger partial charge in [-0.15, -0.1) is 11.8 Å². The molecule has 0 bridgehead atoms. The Morgan fingerprint density at radius 1 is 1.19 bits per heavy atom. The van der Waals surface area contributed by atoms with Crippen LogP contribution in [0.4, 0.5) is 5.69 Å². The predicted octanol–water partition coefficient (Wildman–Crippen LogP) is 3.35. The van der Waals surface area contributed by atoms with Gasteiger partial charge in [0, 0.05) is 28.7 Å². The summed E-state index contributed by atoms with van der Waals surface area (Å²) in [7, 11) is -2.23. The fraction of sp³-hybridized carbons (Fsp3) is 0.235. The normalized spacial score (nSPS) is 11.3. The first-order valence-corrected chi connectivity index (χ1v) is 11.1. The lowest BCUT2D eigenvalue weighted by Crippen LogP contribution is -2.27. The summed E-state index contributed by atoms with van der Waals surface area (Å²) in [5.41, 5.74) is 0.861. The molecule has 0 aliphatic heterocycles. The second kappa shape index (κ2) is 9.52. The van der Waals surface area contributed by atoms with Gasteiger partial charge in [-0.3, -0.25) is 4.79 Å². The number of carbonyl (C=O) groups is 1. The third-order valence-corrected chi connectivity index (χ3v) is 6.33. The van der Waals surface area contributed by atoms with E-state index in [9.17, 15) is 13.2 Å². The Balaban J connectivity index is 2.21. The zero-order valence-corrected chi connectivity index (χ0v) is 17.5. The van der Waals surface area contributed by atoms with E-state index in [4.69, 9.17) is 4.74 Å². The minimum absolute atomic E-state index is 0.0136. The number of carbonyl (C=O) groups excluding carboxylic acids is 1. The zero-order chi connectivity index (χ0) is 19.2. The van der Waals surface area contributed by atoms with Gasteiger partial charge in [0.05, 0.1) is 17.1 Å². The van der Waals surface area contributed by atoms with Crippen molar-refractivity contribution in [1.82, 2.24) is 4.72 Å². The number of methoxy groups -OCH3 is 1. The molecule has 0 aliphatic rings. The van der Waals surface area contributed by atoms with Crippen molar-refractivity contribution in [2.24, 2.45) is 0 Å². The van der Waals surface area contributed by atoms with Crippen LogP contribution in [0.15, 0.2) is 56.7 Å². The number of benzene rings is 2. The highest BCUT2D eigenvalue weighted by Gasteiger charge is 2.18. The van der Waals surface area contributed by atoms with Gasteiger partial charge in [0.2, 0.25) is 10.0 Å². The topological polar surface area (TPSA) is 84.5 Å². The van der Waals surface area contributed by atoms with Crippen LogP contribution in [0, 0.1) is 0 Å². The highest BCUT2D eigenvalue weighted by atomic mass is 79.9. The molecule has 9 heteroatoms. The zero-order valence-electron chi connectivity index (χ0n) is 14.3. The average molecular weight is 459 g/mol. The van der Waals surface area contributed by atoms with E-state index < -0.39 is 15.9 Å². The predicted molar refractivity (Wildman–Crippen MR) is 107 cm³/mol. The molecule has 0 spiro atoms. The Labute approximate surface area is 165 Å². The second-order valence-corrected chi connectivity index (χ2v) is 8.72. The number of thioether (sulfide) groups is 1. The summed E-state index contributed by atoms with van der Waals surface area (Å²) in [6, 6.07) is 11.7. The molecule has 2 N–H and O–H groups in total. The number of hydrogen-bond acceptors (Lipinski definition) is 5. The highest BCUT2D eigenvalue weighted by Crippen LogP contribution is 2.23. The molecule has 2 aromatic rings. The Hall–Kier alpha value is -1.39. The minimum Gasteiger partial charge on any atom is -0.383 e. The lowest BCUT2D eigenvalue weighted by atomic mass is 10.2. The maximum absolute atomic E-state index is 12.5. The van der Waals surface area contributed by atoms with Crippen molar-refractivity contribution in [1.29, 1.82) is 0 Å². The average Bonchev–Trinajstić information content (AvgIpc) is 2.62. The molecule has 140 valence electrons. The molecule has 0 fully saturated rings. The maximum atomic E-state index is 12.5. The van der Waals surface area contributed by atoms with Crippen molar-refractivity contribution in [2.45, 2.75) is 9.79 Å². The Morgan fingerprint density at radius 2 is 1.88 bits per heavy atom. The molecule has 0 aromatic heterocycles. The molecule has 1 amide bonds. The van der Waals surface area contributed by atoms with Crippen molar-refractivity contribution < 1.29 is 17.9 Å². The summed E-state index contributed by atoms with van der Waals surface area (Å²) in [6.07, 6.45) is 1.97. The smallest absolute Gasteiger partial charge is 0.256 e. The number of anilines is 1. The molecule has 0 unspecified atom stereocenters. The van der Waals surface area contributed by atoms with E-state index in [0.29, 0.717) is 10.2 Å². The first-order chi connectivity index (χ1) is 12.4. The first-order valence-electron chi connectivity index (χ1n) is 7.61. The van der Waals surface area contributed by atoms with Crippen LogP contribution in [-0.2, 0) is 14.8 Å². The van der Waals surface area contributed by atoms with E-state index in [1.165, 1.54) is 25.3 Å². The first kappa shape index (κ1) is 20.9. The Bertz CT molecular complexity index is 871. The van der Waals surface area contributed by atoms with Crippen molar-refractivity contribution >= 4 is 49.3 Å². The second-order valence-electron chi connectivity index (χ2n) is 5.21. The van der Waals surface area contributed by atoms with Crippen LogP contribution >= 0.6 is 27.7 Å². The Morgan fingerprint density at radius 3 is 2.50 bits per heavy atom. The minimum atomic E-state index is -3.72. The van der Waals surface area contributed by atoms with Crippen LogP contribution in [0.1, 0.15) is 10.4 Å². The molecule has 26 heavy (non-hydrogen) atoms. The Kier molecular flexibility index (Phi) is 7.66. The van der Waals surface area contributed by atoms with Gasteiger partial charge in [-0.1, -0.05) is 0 Å². The van der Waals surface area contributed by atoms with Crippen molar-refractivity contribution in [3.8, 4) is 0 Å². The van der Waals surface area contributed by atoms with E-state index in [1.54, 1.807) is 23.9 Å². The van der Waals surface area contributed by atoms with E-state index in [0.717, 1.165) is 4.90 Å². The summed E-state index contributed by atoms with van der Waals surface area (Å²) in [6.45, 7) is 0.410. The number of nitrogens with one attached hydrogen (secondary N) is 2. The fourth-order valence-corrected chi connectivity index (χ4v) is 3.95. The van der Waals surface area contributed by atoms with Crippen LogP contribution < -0.4 is 10.0 Å². The van der Waals surface area contributed by atoms with Crippen LogP contribution in [-0.4, -0.2) is 40.8 Å². The third kappa shape index (κ3) is 5.55. The van der Waals surface area contributed by atoms with Crippen molar-refractivity contribution in [2.75, 3.05) is 31.8 Å². The molecule has 0 aliphatic carbocycles. The lowest BCUT2D eigenvalue weighted by molar-refractivity contribution is 0.102. The molecule has 2 rings (SSSR count). The summed E-state index contributed by atoms with van der Waals surface area (Å²) in [5.74, 6) is -0.400. The number of amides is 1. The molecule has 6 nitrogen and oxygen atoms in total. The number of ether oxygens (including phenoxy) is 1. The number of rotatable bonds is 8. The third-order valence-electron chi connectivity index (χ3n) is 3.44. The number of sulfonamides is 1. The highest BCUT2D eigenvalue weighted by molar-refractivity contribution is 9.10. The van der Waals surface area contributed by atoms with Gasteiger partial charge in [-0.05, 0) is 64.7 Å². The van der Waals surface area contributed by atoms with E-state index in [2.05, 4.69) is 26.0 Å². The molecular weight excluding hydrogens is 440 g/mol. The maximum Gasteiger partial charge on any atom is 0.256 e. The molecule has 0 saturated carbocycles.